The Kier molecular flexibility index (Phi) is 16.9. The maximum absolute atomic E-state index is 13.6. The molecule has 2 saturated heterocycles. The number of anilines is 2. The minimum absolute atomic E-state index is 0.0651. The van der Waals surface area contributed by atoms with E-state index in [1.165, 1.54) is 26.0 Å². The highest BCUT2D eigenvalue weighted by Gasteiger charge is 2.33. The molecule has 2 aromatic carbocycles. The zero-order valence-corrected chi connectivity index (χ0v) is 40.8. The van der Waals surface area contributed by atoms with Gasteiger partial charge < -0.3 is 28.9 Å². The van der Waals surface area contributed by atoms with Gasteiger partial charge in [-0.1, -0.05) is 52.0 Å². The molecular formula is C48H58F6N8O10. The fourth-order valence-corrected chi connectivity index (χ4v) is 8.67. The molecule has 0 unspecified atom stereocenters. The fraction of sp³-hybridized carbons (Fsp3) is 0.500. The van der Waals surface area contributed by atoms with Crippen molar-refractivity contribution in [1.29, 1.82) is 0 Å². The lowest BCUT2D eigenvalue weighted by molar-refractivity contribution is -0.154. The van der Waals surface area contributed by atoms with Gasteiger partial charge in [-0.2, -0.15) is 26.3 Å². The number of alkyl halides is 6. The van der Waals surface area contributed by atoms with E-state index in [2.05, 4.69) is 9.80 Å². The van der Waals surface area contributed by atoms with Gasteiger partial charge in [0.05, 0.1) is 23.8 Å². The highest BCUT2D eigenvalue weighted by molar-refractivity contribution is 5.91. The molecule has 2 aliphatic rings. The second-order valence-electron chi connectivity index (χ2n) is 19.4. The average molecular weight is 1020 g/mol. The summed E-state index contributed by atoms with van der Waals surface area (Å²) in [6.07, 6.45) is -5.63. The predicted octanol–water partition coefficient (Wildman–Crippen LogP) is 3.70. The van der Waals surface area contributed by atoms with Crippen molar-refractivity contribution in [2.45, 2.75) is 67.0 Å². The number of hydrogen-bond acceptors (Lipinski definition) is 14. The summed E-state index contributed by atoms with van der Waals surface area (Å²) in [5.41, 5.74) is -3.38. The molecule has 6 rings (SSSR count). The van der Waals surface area contributed by atoms with E-state index in [1.807, 2.05) is 37.5 Å². The monoisotopic (exact) mass is 1020 g/mol. The number of hydrogen-bond donors (Lipinski definition) is 0. The lowest BCUT2D eigenvalue weighted by atomic mass is 9.92. The van der Waals surface area contributed by atoms with Gasteiger partial charge in [0.2, 0.25) is 0 Å². The third kappa shape index (κ3) is 14.9. The van der Waals surface area contributed by atoms with Crippen LogP contribution >= 0.6 is 0 Å². The zero-order chi connectivity index (χ0) is 52.8. The predicted molar refractivity (Wildman–Crippen MR) is 253 cm³/mol. The van der Waals surface area contributed by atoms with Crippen LogP contribution in [0.4, 0.5) is 37.7 Å². The Balaban J connectivity index is 1.03. The van der Waals surface area contributed by atoms with E-state index in [4.69, 9.17) is 19.1 Å². The molecule has 0 spiro atoms. The molecule has 0 bridgehead atoms. The first-order valence-corrected chi connectivity index (χ1v) is 23.0. The Bertz CT molecular complexity index is 2660. The number of ether oxygens (including phenoxy) is 2. The van der Waals surface area contributed by atoms with Crippen molar-refractivity contribution < 1.29 is 55.1 Å². The van der Waals surface area contributed by atoms with E-state index >= 15 is 0 Å². The summed E-state index contributed by atoms with van der Waals surface area (Å²) in [7, 11) is 0. The van der Waals surface area contributed by atoms with Crippen LogP contribution in [-0.4, -0.2) is 131 Å². The Morgan fingerprint density at radius 3 is 1.19 bits per heavy atom. The normalized spacial score (nSPS) is 15.5. The maximum Gasteiger partial charge on any atom is 0.422 e. The SMILES string of the molecule is Cc1cn(OC(=O)/C=C/C(=O)On2cc(C)c(=O)n(CC(C)(C)CN3CCN(c4ccccc4OCC(F)(F)F)CC3)c2=O)c(=O)n(CC(C)(C)CN2CCN(c3ccccc3OCC(F)(F)F)CC2)c1=O. The first kappa shape index (κ1) is 54.5. The molecule has 0 radical (unpaired) electrons. The van der Waals surface area contributed by atoms with E-state index in [0.717, 1.165) is 21.5 Å². The second-order valence-corrected chi connectivity index (χ2v) is 19.4. The van der Waals surface area contributed by atoms with E-state index < -0.39 is 70.8 Å². The first-order valence-electron chi connectivity index (χ1n) is 23.0. The summed E-state index contributed by atoms with van der Waals surface area (Å²) in [5, 5.41) is 0. The molecule has 0 aliphatic carbocycles. The van der Waals surface area contributed by atoms with Crippen molar-refractivity contribution in [2.75, 3.05) is 88.5 Å². The molecule has 0 saturated carbocycles. The van der Waals surface area contributed by atoms with Crippen molar-refractivity contribution in [3.8, 4) is 11.5 Å². The van der Waals surface area contributed by atoms with Crippen molar-refractivity contribution in [1.82, 2.24) is 28.4 Å². The molecule has 4 heterocycles. The topological polar surface area (TPSA) is 172 Å². The molecular weight excluding hydrogens is 963 g/mol. The molecule has 0 amide bonds. The highest BCUT2D eigenvalue weighted by Crippen LogP contribution is 2.33. The number of benzene rings is 2. The lowest BCUT2D eigenvalue weighted by Gasteiger charge is -2.40. The summed E-state index contributed by atoms with van der Waals surface area (Å²) in [4.78, 5) is 97.9. The summed E-state index contributed by atoms with van der Waals surface area (Å²) in [6.45, 7) is 12.0. The summed E-state index contributed by atoms with van der Waals surface area (Å²) >= 11 is 0. The smallest absolute Gasteiger partial charge is 0.422 e. The third-order valence-corrected chi connectivity index (χ3v) is 11.8. The Hall–Kier alpha value is -6.82. The maximum atomic E-state index is 13.6. The quantitative estimate of drug-likeness (QED) is 0.104. The highest BCUT2D eigenvalue weighted by atomic mass is 19.4. The van der Waals surface area contributed by atoms with Crippen LogP contribution in [0.3, 0.4) is 0 Å². The third-order valence-electron chi connectivity index (χ3n) is 11.8. The van der Waals surface area contributed by atoms with Crippen LogP contribution in [0.2, 0.25) is 0 Å². The molecule has 72 heavy (non-hydrogen) atoms. The van der Waals surface area contributed by atoms with E-state index in [-0.39, 0.29) is 35.7 Å². The van der Waals surface area contributed by atoms with Gasteiger partial charge in [0.15, 0.2) is 13.2 Å². The Labute approximate surface area is 409 Å². The van der Waals surface area contributed by atoms with Crippen LogP contribution in [0, 0.1) is 24.7 Å². The summed E-state index contributed by atoms with van der Waals surface area (Å²) in [5.74, 6) is -2.19. The van der Waals surface area contributed by atoms with E-state index in [1.54, 1.807) is 36.4 Å². The van der Waals surface area contributed by atoms with E-state index in [0.29, 0.717) is 98.4 Å². The Morgan fingerprint density at radius 1 is 0.528 bits per heavy atom. The number of carbonyl (C=O) groups is 2. The van der Waals surface area contributed by atoms with Gasteiger partial charge in [0.25, 0.3) is 11.1 Å². The van der Waals surface area contributed by atoms with Gasteiger partial charge in [-0.15, -0.1) is 9.46 Å². The van der Waals surface area contributed by atoms with Gasteiger partial charge in [0, 0.05) is 102 Å². The van der Waals surface area contributed by atoms with Crippen LogP contribution in [-0.2, 0) is 22.7 Å². The Morgan fingerprint density at radius 2 is 0.861 bits per heavy atom. The number of aryl methyl sites for hydroxylation is 2. The van der Waals surface area contributed by atoms with Gasteiger partial charge in [-0.3, -0.25) is 28.5 Å². The van der Waals surface area contributed by atoms with Gasteiger partial charge in [0.1, 0.15) is 11.5 Å². The number of piperazine rings is 2. The lowest BCUT2D eigenvalue weighted by Crippen LogP contribution is -2.51. The van der Waals surface area contributed by atoms with Crippen molar-refractivity contribution in [3.05, 3.63) is 126 Å². The molecule has 0 atom stereocenters. The fourth-order valence-electron chi connectivity index (χ4n) is 8.67. The number of carbonyl (C=O) groups excluding carboxylic acids is 2. The molecule has 2 fully saturated rings. The largest absolute Gasteiger partial charge is 0.482 e. The van der Waals surface area contributed by atoms with Gasteiger partial charge in [-0.05, 0) is 48.9 Å². The number of para-hydroxylation sites is 4. The number of aromatic nitrogens is 4. The molecule has 24 heteroatoms. The van der Waals surface area contributed by atoms with Crippen molar-refractivity contribution in [2.24, 2.45) is 10.8 Å². The minimum atomic E-state index is -4.49. The zero-order valence-electron chi connectivity index (χ0n) is 40.8. The van der Waals surface area contributed by atoms with Gasteiger partial charge in [-0.25, -0.2) is 19.2 Å². The molecule has 2 aliphatic heterocycles. The minimum Gasteiger partial charge on any atom is -0.482 e. The molecule has 18 nitrogen and oxygen atoms in total. The molecule has 392 valence electrons. The summed E-state index contributed by atoms with van der Waals surface area (Å²) in [6, 6.07) is 13.0. The molecule has 0 N–H and O–H groups in total. The summed E-state index contributed by atoms with van der Waals surface area (Å²) < 4.78 is 90.3. The number of halogens is 6. The number of rotatable bonds is 18. The van der Waals surface area contributed by atoms with Crippen LogP contribution in [0.1, 0.15) is 38.8 Å². The van der Waals surface area contributed by atoms with Crippen molar-refractivity contribution >= 4 is 23.3 Å². The first-order chi connectivity index (χ1) is 33.7. The van der Waals surface area contributed by atoms with E-state index in [9.17, 15) is 55.1 Å². The standard InChI is InChI=1S/C48H58F6N8O10/c1-33-25-61(43(67)59(41(33)65)29-45(3,4)27-55-17-21-57(22-18-55)35-11-7-9-13-37(35)69-31-47(49,50)51)71-39(63)15-16-40(64)72-62-26-34(2)42(66)60(44(62)68)30-46(5,6)28-56-19-23-58(24-20-56)36-12-8-10-14-38(36)70-32-48(52,53)54/h7-16,25-26H,17-24,27-32H2,1-6H3/b16-15+. The van der Waals surface area contributed by atoms with Crippen molar-refractivity contribution in [3.63, 3.8) is 0 Å². The van der Waals surface area contributed by atoms with Crippen LogP contribution in [0.15, 0.2) is 92.3 Å². The van der Waals surface area contributed by atoms with Gasteiger partial charge >= 0.3 is 35.7 Å². The number of nitrogens with zero attached hydrogens (tertiary/aromatic N) is 8. The second kappa shape index (κ2) is 22.3. The average Bonchev–Trinajstić information content (AvgIpc) is 3.30. The molecule has 2 aromatic heterocycles. The van der Waals surface area contributed by atoms with Crippen LogP contribution in [0.5, 0.6) is 11.5 Å². The molecule has 4 aromatic rings. The van der Waals surface area contributed by atoms with Crippen LogP contribution < -0.4 is 51.4 Å². The van der Waals surface area contributed by atoms with Crippen LogP contribution in [0.25, 0.3) is 0 Å².